The molecule has 16 heavy (non-hydrogen) atoms. The second-order valence-electron chi connectivity index (χ2n) is 3.98. The molecule has 1 aromatic rings. The summed E-state index contributed by atoms with van der Waals surface area (Å²) < 4.78 is 0. The molecule has 0 aliphatic carbocycles. The molecule has 0 amide bonds. The zero-order chi connectivity index (χ0) is 11.5. The molecule has 0 bridgehead atoms. The van der Waals surface area contributed by atoms with Gasteiger partial charge in [0.25, 0.3) is 0 Å². The molecule has 0 radical (unpaired) electrons. The van der Waals surface area contributed by atoms with Gasteiger partial charge in [-0.3, -0.25) is 10.4 Å². The number of hydrogen-bond acceptors (Lipinski definition) is 4. The number of nitrogens with zero attached hydrogens (tertiary/aromatic N) is 2. The van der Waals surface area contributed by atoms with E-state index >= 15 is 0 Å². The largest absolute Gasteiger partial charge is 0.394 e. The fourth-order valence-corrected chi connectivity index (χ4v) is 2.11. The maximum absolute atomic E-state index is 9.25. The average molecular weight is 220 g/mol. The molecule has 1 unspecified atom stereocenters. The van der Waals surface area contributed by atoms with Crippen LogP contribution < -0.4 is 10.6 Å². The summed E-state index contributed by atoms with van der Waals surface area (Å²) in [4.78, 5) is 6.17. The number of aliphatic hydroxyl groups excluding tert-OH is 1. The maximum Gasteiger partial charge on any atom is 0.141 e. The van der Waals surface area contributed by atoms with Crippen molar-refractivity contribution in [1.29, 1.82) is 5.41 Å². The van der Waals surface area contributed by atoms with Gasteiger partial charge in [0.1, 0.15) is 11.5 Å². The smallest absolute Gasteiger partial charge is 0.141 e. The van der Waals surface area contributed by atoms with Crippen LogP contribution in [0.15, 0.2) is 18.3 Å². The number of nitrogen functional groups attached to an aromatic ring is 1. The number of anilines is 1. The van der Waals surface area contributed by atoms with Gasteiger partial charge in [0.15, 0.2) is 0 Å². The fraction of sp³-hybridized carbons (Fsp3) is 0.455. The summed E-state index contributed by atoms with van der Waals surface area (Å²) in [6.45, 7) is 1.10. The van der Waals surface area contributed by atoms with Gasteiger partial charge in [-0.1, -0.05) is 0 Å². The highest BCUT2D eigenvalue weighted by molar-refractivity contribution is 5.93. The van der Waals surface area contributed by atoms with Crippen molar-refractivity contribution in [2.24, 2.45) is 5.73 Å². The van der Waals surface area contributed by atoms with Crippen molar-refractivity contribution >= 4 is 11.5 Å². The summed E-state index contributed by atoms with van der Waals surface area (Å²) in [5.41, 5.74) is 6.87. The number of nitrogens with one attached hydrogen (secondary N) is 1. The molecule has 1 aliphatic rings. The van der Waals surface area contributed by atoms with E-state index in [9.17, 15) is 5.11 Å². The Kier molecular flexibility index (Phi) is 3.05. The molecular weight excluding hydrogens is 204 g/mol. The lowest BCUT2D eigenvalue weighted by Gasteiger charge is -2.25. The van der Waals surface area contributed by atoms with Crippen LogP contribution in [0.2, 0.25) is 0 Å². The lowest BCUT2D eigenvalue weighted by molar-refractivity contribution is 0.266. The van der Waals surface area contributed by atoms with E-state index in [1.54, 1.807) is 12.3 Å². The molecule has 1 aliphatic heterocycles. The van der Waals surface area contributed by atoms with E-state index in [0.29, 0.717) is 5.69 Å². The Morgan fingerprint density at radius 1 is 1.69 bits per heavy atom. The molecule has 0 saturated carbocycles. The molecule has 1 saturated heterocycles. The average Bonchev–Trinajstić information content (AvgIpc) is 2.77. The van der Waals surface area contributed by atoms with Gasteiger partial charge in [-0.2, -0.15) is 0 Å². The van der Waals surface area contributed by atoms with Crippen LogP contribution in [0.3, 0.4) is 0 Å². The van der Waals surface area contributed by atoms with Gasteiger partial charge in [0.2, 0.25) is 0 Å². The minimum atomic E-state index is -0.0263. The van der Waals surface area contributed by atoms with E-state index in [1.807, 2.05) is 6.07 Å². The van der Waals surface area contributed by atoms with Crippen molar-refractivity contribution in [3.05, 3.63) is 24.0 Å². The van der Waals surface area contributed by atoms with Crippen molar-refractivity contribution in [1.82, 2.24) is 4.98 Å². The predicted octanol–water partition coefficient (Wildman–Crippen LogP) is 0.327. The highest BCUT2D eigenvalue weighted by Gasteiger charge is 2.24. The van der Waals surface area contributed by atoms with Crippen LogP contribution >= 0.6 is 0 Å². The van der Waals surface area contributed by atoms with Crippen LogP contribution in [0, 0.1) is 5.41 Å². The zero-order valence-electron chi connectivity index (χ0n) is 9.06. The molecule has 2 rings (SSSR count). The van der Waals surface area contributed by atoms with Gasteiger partial charge >= 0.3 is 0 Å². The maximum atomic E-state index is 9.25. The minimum absolute atomic E-state index is 0.0263. The van der Waals surface area contributed by atoms with Gasteiger partial charge in [-0.05, 0) is 25.0 Å². The Bertz CT molecular complexity index is 393. The number of nitrogens with two attached hydrogens (primary N) is 1. The first-order valence-corrected chi connectivity index (χ1v) is 5.40. The van der Waals surface area contributed by atoms with Crippen molar-refractivity contribution < 1.29 is 5.11 Å². The molecule has 1 aromatic heterocycles. The monoisotopic (exact) mass is 220 g/mol. The van der Waals surface area contributed by atoms with Crippen molar-refractivity contribution in [2.75, 3.05) is 18.1 Å². The second-order valence-corrected chi connectivity index (χ2v) is 3.98. The number of aromatic nitrogens is 1. The molecule has 5 nitrogen and oxygen atoms in total. The number of aliphatic hydroxyl groups is 1. The predicted molar refractivity (Wildman–Crippen MR) is 62.7 cm³/mol. The third-order valence-electron chi connectivity index (χ3n) is 2.94. The number of rotatable bonds is 3. The van der Waals surface area contributed by atoms with Gasteiger partial charge < -0.3 is 15.7 Å². The second kappa shape index (κ2) is 4.49. The Hall–Kier alpha value is -1.62. The molecular formula is C11H16N4O. The summed E-state index contributed by atoms with van der Waals surface area (Å²) in [7, 11) is 0. The van der Waals surface area contributed by atoms with Gasteiger partial charge in [-0.15, -0.1) is 0 Å². The van der Waals surface area contributed by atoms with E-state index in [4.69, 9.17) is 11.1 Å². The first kappa shape index (κ1) is 10.9. The normalized spacial score (nSPS) is 20.1. The summed E-state index contributed by atoms with van der Waals surface area (Å²) >= 11 is 0. The topological polar surface area (TPSA) is 86.2 Å². The van der Waals surface area contributed by atoms with E-state index in [1.165, 1.54) is 0 Å². The first-order chi connectivity index (χ1) is 7.72. The molecule has 1 fully saturated rings. The lowest BCUT2D eigenvalue weighted by atomic mass is 10.2. The number of hydrogen-bond donors (Lipinski definition) is 3. The Morgan fingerprint density at radius 2 is 2.50 bits per heavy atom. The summed E-state index contributed by atoms with van der Waals surface area (Å²) in [6.07, 6.45) is 3.75. The van der Waals surface area contributed by atoms with Crippen molar-refractivity contribution in [2.45, 2.75) is 18.9 Å². The van der Waals surface area contributed by atoms with Gasteiger partial charge in [0, 0.05) is 18.4 Å². The van der Waals surface area contributed by atoms with E-state index < -0.39 is 0 Å². The first-order valence-electron chi connectivity index (χ1n) is 5.40. The van der Waals surface area contributed by atoms with Crippen LogP contribution in [0.1, 0.15) is 18.5 Å². The summed E-state index contributed by atoms with van der Waals surface area (Å²) in [5, 5.41) is 16.6. The Morgan fingerprint density at radius 3 is 3.19 bits per heavy atom. The summed E-state index contributed by atoms with van der Waals surface area (Å²) in [5.74, 6) is -0.0263. The third kappa shape index (κ3) is 1.99. The third-order valence-corrected chi connectivity index (χ3v) is 2.94. The quantitative estimate of drug-likeness (QED) is 0.506. The Labute approximate surface area is 94.4 Å². The van der Waals surface area contributed by atoms with Crippen molar-refractivity contribution in [3.63, 3.8) is 0 Å². The van der Waals surface area contributed by atoms with Crippen LogP contribution in [-0.2, 0) is 0 Å². The summed E-state index contributed by atoms with van der Waals surface area (Å²) in [6, 6.07) is 3.87. The molecule has 5 heteroatoms. The molecule has 1 atom stereocenters. The molecule has 2 heterocycles. The highest BCUT2D eigenvalue weighted by atomic mass is 16.3. The molecule has 4 N–H and O–H groups in total. The molecule has 0 aromatic carbocycles. The molecule has 86 valence electrons. The van der Waals surface area contributed by atoms with Crippen LogP contribution in [0.5, 0.6) is 0 Å². The lowest BCUT2D eigenvalue weighted by Crippen LogP contribution is -2.32. The molecule has 0 spiro atoms. The van der Waals surface area contributed by atoms with Crippen LogP contribution in [-0.4, -0.2) is 35.1 Å². The zero-order valence-corrected chi connectivity index (χ0v) is 9.06. The van der Waals surface area contributed by atoms with E-state index in [2.05, 4.69) is 9.88 Å². The number of pyridine rings is 1. The fourth-order valence-electron chi connectivity index (χ4n) is 2.11. The SMILES string of the molecule is N=C(N)c1cc(N2CCCC2CO)ccn1. The standard InChI is InChI=1S/C11H16N4O/c12-11(13)10-6-8(3-4-14-10)15-5-1-2-9(15)7-16/h3-4,6,9,16H,1-2,5,7H2,(H3,12,13). The minimum Gasteiger partial charge on any atom is -0.394 e. The van der Waals surface area contributed by atoms with E-state index in [-0.39, 0.29) is 18.5 Å². The van der Waals surface area contributed by atoms with Gasteiger partial charge in [-0.25, -0.2) is 0 Å². The van der Waals surface area contributed by atoms with Crippen LogP contribution in [0.4, 0.5) is 5.69 Å². The van der Waals surface area contributed by atoms with Crippen molar-refractivity contribution in [3.8, 4) is 0 Å². The Balaban J connectivity index is 2.26. The van der Waals surface area contributed by atoms with E-state index in [0.717, 1.165) is 25.1 Å². The van der Waals surface area contributed by atoms with Gasteiger partial charge in [0.05, 0.1) is 12.6 Å². The van der Waals surface area contributed by atoms with Crippen LogP contribution in [0.25, 0.3) is 0 Å². The highest BCUT2D eigenvalue weighted by Crippen LogP contribution is 2.25. The number of amidine groups is 1.